The Morgan fingerprint density at radius 2 is 2.27 bits per heavy atom. The molecule has 0 unspecified atom stereocenters. The van der Waals surface area contributed by atoms with Gasteiger partial charge in [-0.1, -0.05) is 23.4 Å². The minimum Gasteiger partial charge on any atom is -0.217 e. The summed E-state index contributed by atoms with van der Waals surface area (Å²) in [5.74, 6) is 0. The fourth-order valence-electron chi connectivity index (χ4n) is 0.516. The second kappa shape index (κ2) is 3.69. The maximum absolute atomic E-state index is 12.1. The summed E-state index contributed by atoms with van der Waals surface area (Å²) >= 11 is 7.67. The Labute approximate surface area is 75.8 Å². The van der Waals surface area contributed by atoms with Gasteiger partial charge in [0.1, 0.15) is 10.0 Å². The number of halogens is 3. The van der Waals surface area contributed by atoms with Crippen molar-refractivity contribution in [3.8, 4) is 0 Å². The van der Waals surface area contributed by atoms with Crippen LogP contribution in [0.4, 0.5) is 8.78 Å². The highest BCUT2D eigenvalue weighted by molar-refractivity contribution is 8.00. The number of rotatable bonds is 2. The van der Waals surface area contributed by atoms with Crippen molar-refractivity contribution in [3.05, 3.63) is 10.0 Å². The summed E-state index contributed by atoms with van der Waals surface area (Å²) < 4.78 is 24.7. The van der Waals surface area contributed by atoms with E-state index in [1.807, 2.05) is 0 Å². The van der Waals surface area contributed by atoms with Crippen molar-refractivity contribution in [1.82, 2.24) is 4.98 Å². The van der Waals surface area contributed by atoms with Gasteiger partial charge in [0.2, 0.25) is 0 Å². The second-order valence-electron chi connectivity index (χ2n) is 1.64. The summed E-state index contributed by atoms with van der Waals surface area (Å²) in [5, 5.41) is -0.0747. The van der Waals surface area contributed by atoms with Crippen LogP contribution >= 0.6 is 34.7 Å². The lowest BCUT2D eigenvalue weighted by atomic mass is 10.6. The molecule has 0 N–H and O–H groups in total. The molecule has 0 spiro atoms. The van der Waals surface area contributed by atoms with Crippen LogP contribution < -0.4 is 0 Å². The summed E-state index contributed by atoms with van der Waals surface area (Å²) in [6, 6.07) is 0. The number of nitrogens with zero attached hydrogens (tertiary/aromatic N) is 1. The normalized spacial score (nSPS) is 11.0. The van der Waals surface area contributed by atoms with E-state index in [2.05, 4.69) is 4.98 Å². The number of hydrogen-bond acceptors (Lipinski definition) is 3. The molecule has 62 valence electrons. The number of hydrogen-bond donors (Lipinski definition) is 0. The van der Waals surface area contributed by atoms with Crippen molar-refractivity contribution < 1.29 is 8.78 Å². The highest BCUT2D eigenvalue weighted by Gasteiger charge is 2.17. The molecule has 1 nitrogen and oxygen atoms in total. The Kier molecular flexibility index (Phi) is 3.09. The number of alkyl halides is 2. The topological polar surface area (TPSA) is 12.9 Å². The smallest absolute Gasteiger partial charge is 0.217 e. The van der Waals surface area contributed by atoms with E-state index in [-0.39, 0.29) is 10.0 Å². The standard InChI is InChI=1S/C5H4ClF2NS2/c1-10-5-9-3(6)2(11-5)4(7)8/h4H,1H3. The van der Waals surface area contributed by atoms with Crippen LogP contribution in [0.5, 0.6) is 0 Å². The second-order valence-corrected chi connectivity index (χ2v) is 4.08. The molecule has 11 heavy (non-hydrogen) atoms. The summed E-state index contributed by atoms with van der Waals surface area (Å²) in [4.78, 5) is 3.57. The summed E-state index contributed by atoms with van der Waals surface area (Å²) in [5.41, 5.74) is 0. The van der Waals surface area contributed by atoms with Crippen molar-refractivity contribution in [2.45, 2.75) is 10.8 Å². The summed E-state index contributed by atoms with van der Waals surface area (Å²) in [6.07, 6.45) is -0.745. The third-order valence-corrected chi connectivity index (χ3v) is 3.41. The zero-order valence-corrected chi connectivity index (χ0v) is 7.86. The number of thiazole rings is 1. The molecule has 0 aromatic carbocycles. The Bertz CT molecular complexity index is 251. The van der Waals surface area contributed by atoms with Crippen LogP contribution in [0.3, 0.4) is 0 Å². The average Bonchev–Trinajstić information content (AvgIpc) is 2.30. The average molecular weight is 216 g/mol. The Hall–Kier alpha value is 0.130. The highest BCUT2D eigenvalue weighted by atomic mass is 35.5. The van der Waals surface area contributed by atoms with Crippen molar-refractivity contribution in [1.29, 1.82) is 0 Å². The Morgan fingerprint density at radius 1 is 1.64 bits per heavy atom. The highest BCUT2D eigenvalue weighted by Crippen LogP contribution is 2.35. The first-order valence-corrected chi connectivity index (χ1v) is 5.05. The van der Waals surface area contributed by atoms with Gasteiger partial charge in [0.05, 0.1) is 0 Å². The molecule has 0 aliphatic heterocycles. The van der Waals surface area contributed by atoms with Crippen LogP contribution in [0.15, 0.2) is 4.34 Å². The molecule has 0 saturated carbocycles. The van der Waals surface area contributed by atoms with E-state index < -0.39 is 6.43 Å². The van der Waals surface area contributed by atoms with Gasteiger partial charge in [0, 0.05) is 0 Å². The molecule has 0 bridgehead atoms. The predicted molar refractivity (Wildman–Crippen MR) is 43.9 cm³/mol. The monoisotopic (exact) mass is 215 g/mol. The largest absolute Gasteiger partial charge is 0.275 e. The Balaban J connectivity index is 2.97. The molecule has 0 fully saturated rings. The van der Waals surface area contributed by atoms with E-state index in [1.165, 1.54) is 11.8 Å². The first-order chi connectivity index (χ1) is 5.15. The zero-order chi connectivity index (χ0) is 8.43. The molecule has 0 aliphatic rings. The van der Waals surface area contributed by atoms with Crippen molar-refractivity contribution in [2.75, 3.05) is 6.26 Å². The van der Waals surface area contributed by atoms with E-state index in [9.17, 15) is 8.78 Å². The van der Waals surface area contributed by atoms with Crippen LogP contribution in [0.1, 0.15) is 11.3 Å². The molecule has 1 rings (SSSR count). The van der Waals surface area contributed by atoms with E-state index >= 15 is 0 Å². The lowest BCUT2D eigenvalue weighted by molar-refractivity contribution is 0.155. The van der Waals surface area contributed by atoms with Gasteiger partial charge < -0.3 is 0 Å². The molecule has 1 aromatic heterocycles. The van der Waals surface area contributed by atoms with E-state index in [0.29, 0.717) is 4.34 Å². The number of aromatic nitrogens is 1. The van der Waals surface area contributed by atoms with Gasteiger partial charge >= 0.3 is 0 Å². The number of thioether (sulfide) groups is 1. The summed E-state index contributed by atoms with van der Waals surface area (Å²) in [7, 11) is 0. The van der Waals surface area contributed by atoms with E-state index in [4.69, 9.17) is 11.6 Å². The van der Waals surface area contributed by atoms with Gasteiger partial charge in [-0.25, -0.2) is 13.8 Å². The minimum absolute atomic E-state index is 0.0747. The quantitative estimate of drug-likeness (QED) is 0.701. The maximum atomic E-state index is 12.1. The molecular weight excluding hydrogens is 212 g/mol. The predicted octanol–water partition coefficient (Wildman–Crippen LogP) is 3.46. The molecular formula is C5H4ClF2NS2. The lowest BCUT2D eigenvalue weighted by Crippen LogP contribution is -1.76. The third kappa shape index (κ3) is 2.04. The Morgan fingerprint density at radius 3 is 2.55 bits per heavy atom. The van der Waals surface area contributed by atoms with Gasteiger partial charge in [-0.3, -0.25) is 0 Å². The fraction of sp³-hybridized carbons (Fsp3) is 0.400. The van der Waals surface area contributed by atoms with Gasteiger partial charge in [-0.2, -0.15) is 0 Å². The van der Waals surface area contributed by atoms with Crippen LogP contribution in [0, 0.1) is 0 Å². The maximum Gasteiger partial charge on any atom is 0.275 e. The lowest BCUT2D eigenvalue weighted by Gasteiger charge is -1.89. The van der Waals surface area contributed by atoms with Gasteiger partial charge in [0.25, 0.3) is 6.43 Å². The molecule has 0 radical (unpaired) electrons. The molecule has 0 saturated heterocycles. The first kappa shape index (κ1) is 9.22. The SMILES string of the molecule is CSc1nc(Cl)c(C(F)F)s1. The minimum atomic E-state index is -2.51. The van der Waals surface area contributed by atoms with Gasteiger partial charge in [-0.05, 0) is 6.26 Å². The molecule has 0 amide bonds. The first-order valence-electron chi connectivity index (χ1n) is 2.63. The van der Waals surface area contributed by atoms with Crippen molar-refractivity contribution in [2.24, 2.45) is 0 Å². The van der Waals surface area contributed by atoms with Crippen LogP contribution in [-0.2, 0) is 0 Å². The van der Waals surface area contributed by atoms with E-state index in [1.54, 1.807) is 6.26 Å². The van der Waals surface area contributed by atoms with Crippen molar-refractivity contribution in [3.63, 3.8) is 0 Å². The zero-order valence-electron chi connectivity index (χ0n) is 5.47. The van der Waals surface area contributed by atoms with Gasteiger partial charge in [0.15, 0.2) is 4.34 Å². The van der Waals surface area contributed by atoms with Crippen LogP contribution in [0.2, 0.25) is 5.15 Å². The molecule has 1 aromatic rings. The van der Waals surface area contributed by atoms with E-state index in [0.717, 1.165) is 11.3 Å². The van der Waals surface area contributed by atoms with Crippen LogP contribution in [-0.4, -0.2) is 11.2 Å². The molecule has 0 aliphatic carbocycles. The van der Waals surface area contributed by atoms with Crippen molar-refractivity contribution >= 4 is 34.7 Å². The fourth-order valence-corrected chi connectivity index (χ4v) is 2.23. The van der Waals surface area contributed by atoms with Gasteiger partial charge in [-0.15, -0.1) is 11.3 Å². The summed E-state index contributed by atoms with van der Waals surface area (Å²) in [6.45, 7) is 0. The molecule has 6 heteroatoms. The van der Waals surface area contributed by atoms with Crippen LogP contribution in [0.25, 0.3) is 0 Å². The molecule has 1 heterocycles. The molecule has 0 atom stereocenters. The third-order valence-electron chi connectivity index (χ3n) is 0.963.